The molecule has 0 saturated carbocycles. The number of amides is 1. The molecule has 224 valence electrons. The molecule has 0 N–H and O–H groups in total. The Morgan fingerprint density at radius 3 is 2.69 bits per heavy atom. The van der Waals surface area contributed by atoms with E-state index in [1.807, 2.05) is 4.90 Å². The molecule has 3 aliphatic rings. The van der Waals surface area contributed by atoms with E-state index in [1.54, 1.807) is 15.9 Å². The Labute approximate surface area is 244 Å². The van der Waals surface area contributed by atoms with Crippen LogP contribution in [-0.4, -0.2) is 84.1 Å². The summed E-state index contributed by atoms with van der Waals surface area (Å²) in [5, 5.41) is 9.45. The molecule has 2 aromatic rings. The monoisotopic (exact) mass is 583 g/mol. The number of ether oxygens (including phenoxy) is 1. The molecule has 9 nitrogen and oxygen atoms in total. The largest absolute Gasteiger partial charge is 0.462 e. The van der Waals surface area contributed by atoms with Crippen LogP contribution in [0.3, 0.4) is 0 Å². The predicted octanol–water partition coefficient (Wildman–Crippen LogP) is 3.96. The molecule has 0 aliphatic carbocycles. The third kappa shape index (κ3) is 6.02. The van der Waals surface area contributed by atoms with Crippen molar-refractivity contribution in [2.45, 2.75) is 57.4 Å². The van der Waals surface area contributed by atoms with Crippen molar-refractivity contribution >= 4 is 17.4 Å². The standard InChI is InChI=1S/C30H36F3N7O2/c1-4-26(41)40-16-15-39(17-21(40)10-12-34)28-23-11-14-38(25-9-5-7-20(2)27(25)30(31,32)33)18-24(23)35-29(36-28)42-19-22-8-6-13-37(22)3/h4-5,7,9,21-22H,1,6,8,10-11,13-19H2,2-3H3/t21-,22+/m0/s1. The molecule has 1 aromatic carbocycles. The van der Waals surface area contributed by atoms with Crippen molar-refractivity contribution in [1.82, 2.24) is 19.8 Å². The Kier molecular flexibility index (Phi) is 8.59. The minimum atomic E-state index is -4.49. The van der Waals surface area contributed by atoms with Crippen molar-refractivity contribution in [1.29, 1.82) is 5.26 Å². The number of rotatable bonds is 7. The molecule has 0 unspecified atom stereocenters. The lowest BCUT2D eigenvalue weighted by Gasteiger charge is -2.42. The first-order chi connectivity index (χ1) is 20.1. The first-order valence-electron chi connectivity index (χ1n) is 14.3. The number of nitriles is 1. The number of hydrogen-bond acceptors (Lipinski definition) is 8. The van der Waals surface area contributed by atoms with Gasteiger partial charge in [0.1, 0.15) is 12.4 Å². The average Bonchev–Trinajstić information content (AvgIpc) is 3.38. The number of likely N-dealkylation sites (N-methyl/N-ethyl adjacent to an activating group) is 1. The van der Waals surface area contributed by atoms with E-state index >= 15 is 0 Å². The van der Waals surface area contributed by atoms with Crippen molar-refractivity contribution < 1.29 is 22.7 Å². The minimum Gasteiger partial charge on any atom is -0.462 e. The highest BCUT2D eigenvalue weighted by atomic mass is 19.4. The van der Waals surface area contributed by atoms with Crippen LogP contribution in [0, 0.1) is 18.3 Å². The van der Waals surface area contributed by atoms with Crippen LogP contribution in [-0.2, 0) is 23.9 Å². The molecule has 5 rings (SSSR count). The van der Waals surface area contributed by atoms with Crippen molar-refractivity contribution in [2.75, 3.05) is 56.2 Å². The zero-order valence-electron chi connectivity index (χ0n) is 24.0. The predicted molar refractivity (Wildman–Crippen MR) is 152 cm³/mol. The summed E-state index contributed by atoms with van der Waals surface area (Å²) in [5.41, 5.74) is 1.16. The van der Waals surface area contributed by atoms with Crippen molar-refractivity contribution in [3.8, 4) is 12.1 Å². The fourth-order valence-corrected chi connectivity index (χ4v) is 6.30. The Hall–Kier alpha value is -3.85. The summed E-state index contributed by atoms with van der Waals surface area (Å²) in [6.07, 6.45) is -0.545. The summed E-state index contributed by atoms with van der Waals surface area (Å²) in [6, 6.07) is 6.89. The van der Waals surface area contributed by atoms with Gasteiger partial charge in [-0.05, 0) is 57.5 Å². The van der Waals surface area contributed by atoms with Gasteiger partial charge in [-0.3, -0.25) is 4.79 Å². The average molecular weight is 584 g/mol. The van der Waals surface area contributed by atoms with Gasteiger partial charge in [-0.2, -0.15) is 28.4 Å². The number of aryl methyl sites for hydroxylation is 1. The van der Waals surface area contributed by atoms with Gasteiger partial charge in [0.15, 0.2) is 0 Å². The van der Waals surface area contributed by atoms with Gasteiger partial charge < -0.3 is 24.3 Å². The van der Waals surface area contributed by atoms with E-state index in [2.05, 4.69) is 24.6 Å². The number of aromatic nitrogens is 2. The highest BCUT2D eigenvalue weighted by Gasteiger charge is 2.38. The van der Waals surface area contributed by atoms with E-state index in [0.29, 0.717) is 50.7 Å². The number of likely N-dealkylation sites (tertiary alicyclic amines) is 1. The van der Waals surface area contributed by atoms with Crippen molar-refractivity contribution in [2.24, 2.45) is 0 Å². The van der Waals surface area contributed by atoms with Gasteiger partial charge >= 0.3 is 12.2 Å². The number of piperazine rings is 1. The van der Waals surface area contributed by atoms with E-state index in [9.17, 15) is 23.2 Å². The van der Waals surface area contributed by atoms with Crippen molar-refractivity contribution in [3.05, 3.63) is 53.2 Å². The number of fused-ring (bicyclic) bond motifs is 1. The number of halogens is 3. The molecule has 3 aliphatic heterocycles. The minimum absolute atomic E-state index is 0.133. The Balaban J connectivity index is 1.49. The van der Waals surface area contributed by atoms with Crippen LogP contribution >= 0.6 is 0 Å². The zero-order chi connectivity index (χ0) is 30.0. The maximum Gasteiger partial charge on any atom is 0.418 e. The van der Waals surface area contributed by atoms with Gasteiger partial charge in [0.05, 0.1) is 36.3 Å². The fourth-order valence-electron chi connectivity index (χ4n) is 6.30. The third-order valence-corrected chi connectivity index (χ3v) is 8.54. The first kappa shape index (κ1) is 29.6. The van der Waals surface area contributed by atoms with Gasteiger partial charge in [0, 0.05) is 43.5 Å². The van der Waals surface area contributed by atoms with E-state index in [4.69, 9.17) is 14.7 Å². The number of carbonyl (C=O) groups is 1. The van der Waals surface area contributed by atoms with Crippen LogP contribution in [0.15, 0.2) is 30.9 Å². The van der Waals surface area contributed by atoms with Gasteiger partial charge in [-0.25, -0.2) is 0 Å². The van der Waals surface area contributed by atoms with Crippen LogP contribution in [0.5, 0.6) is 6.01 Å². The Morgan fingerprint density at radius 1 is 1.19 bits per heavy atom. The maximum atomic E-state index is 14.1. The molecule has 2 saturated heterocycles. The van der Waals surface area contributed by atoms with Crippen LogP contribution in [0.2, 0.25) is 0 Å². The summed E-state index contributed by atoms with van der Waals surface area (Å²) in [5.74, 6) is 0.432. The summed E-state index contributed by atoms with van der Waals surface area (Å²) in [4.78, 5) is 29.7. The normalized spacial score (nSPS) is 21.2. The van der Waals surface area contributed by atoms with Crippen molar-refractivity contribution in [3.63, 3.8) is 0 Å². The summed E-state index contributed by atoms with van der Waals surface area (Å²) >= 11 is 0. The molecule has 1 aromatic heterocycles. The number of carbonyl (C=O) groups excluding carboxylic acids is 1. The lowest BCUT2D eigenvalue weighted by atomic mass is 10.00. The quantitative estimate of drug-likeness (QED) is 0.453. The van der Waals surface area contributed by atoms with E-state index in [-0.39, 0.29) is 48.2 Å². The zero-order valence-corrected chi connectivity index (χ0v) is 24.0. The summed E-state index contributed by atoms with van der Waals surface area (Å²) in [7, 11) is 2.05. The van der Waals surface area contributed by atoms with Gasteiger partial charge in [-0.1, -0.05) is 18.7 Å². The highest BCUT2D eigenvalue weighted by Crippen LogP contribution is 2.41. The van der Waals surface area contributed by atoms with Gasteiger partial charge in [-0.15, -0.1) is 0 Å². The lowest BCUT2D eigenvalue weighted by molar-refractivity contribution is -0.137. The van der Waals surface area contributed by atoms with Crippen LogP contribution in [0.25, 0.3) is 0 Å². The smallest absolute Gasteiger partial charge is 0.418 e. The molecule has 2 atom stereocenters. The fraction of sp³-hybridized carbons (Fsp3) is 0.533. The molecule has 42 heavy (non-hydrogen) atoms. The Bertz CT molecular complexity index is 1380. The van der Waals surface area contributed by atoms with Crippen LogP contribution in [0.1, 0.15) is 41.6 Å². The third-order valence-electron chi connectivity index (χ3n) is 8.54. The van der Waals surface area contributed by atoms with Gasteiger partial charge in [0.25, 0.3) is 0 Å². The van der Waals surface area contributed by atoms with E-state index in [1.165, 1.54) is 25.1 Å². The molecular weight excluding hydrogens is 547 g/mol. The summed E-state index contributed by atoms with van der Waals surface area (Å²) < 4.78 is 48.4. The summed E-state index contributed by atoms with van der Waals surface area (Å²) in [6.45, 7) is 8.27. The van der Waals surface area contributed by atoms with Crippen LogP contribution < -0.4 is 14.5 Å². The number of alkyl halides is 3. The number of anilines is 2. The lowest BCUT2D eigenvalue weighted by Crippen LogP contribution is -2.55. The molecule has 12 heteroatoms. The molecule has 2 fully saturated rings. The second-order valence-electron chi connectivity index (χ2n) is 11.2. The van der Waals surface area contributed by atoms with Gasteiger partial charge in [0.2, 0.25) is 5.91 Å². The second kappa shape index (κ2) is 12.2. The first-order valence-corrected chi connectivity index (χ1v) is 14.3. The SMILES string of the molecule is C=CC(=O)N1CCN(c2nc(OC[C@H]3CCCN3C)nc3c2CCN(c2cccc(C)c2C(F)(F)F)C3)C[C@@H]1CC#N. The van der Waals surface area contributed by atoms with E-state index in [0.717, 1.165) is 24.9 Å². The topological polar surface area (TPSA) is 88.8 Å². The second-order valence-corrected chi connectivity index (χ2v) is 11.2. The molecule has 4 heterocycles. The van der Waals surface area contributed by atoms with Crippen LogP contribution in [0.4, 0.5) is 24.7 Å². The number of nitrogens with zero attached hydrogens (tertiary/aromatic N) is 7. The van der Waals surface area contributed by atoms with E-state index < -0.39 is 11.7 Å². The molecule has 0 spiro atoms. The molecule has 0 radical (unpaired) electrons. The number of benzene rings is 1. The highest BCUT2D eigenvalue weighted by molar-refractivity contribution is 5.87. The Morgan fingerprint density at radius 2 is 2.00 bits per heavy atom. The number of hydrogen-bond donors (Lipinski definition) is 0. The molecular formula is C30H36F3N7O2. The molecule has 0 bridgehead atoms. The maximum absolute atomic E-state index is 14.1. The molecule has 1 amide bonds.